The first-order chi connectivity index (χ1) is 19.3. The Bertz CT molecular complexity index is 1350. The largest absolute Gasteiger partial charge is 0.489 e. The van der Waals surface area contributed by atoms with E-state index in [1.54, 1.807) is 36.4 Å². The average Bonchev–Trinajstić information content (AvgIpc) is 2.95. The van der Waals surface area contributed by atoms with E-state index in [2.05, 4.69) is 10.6 Å². The van der Waals surface area contributed by atoms with E-state index in [0.717, 1.165) is 18.4 Å². The summed E-state index contributed by atoms with van der Waals surface area (Å²) >= 11 is 0. The second-order valence-corrected chi connectivity index (χ2v) is 10.1. The van der Waals surface area contributed by atoms with Crippen LogP contribution in [-0.2, 0) is 11.3 Å². The predicted molar refractivity (Wildman–Crippen MR) is 156 cm³/mol. The van der Waals surface area contributed by atoms with Crippen LogP contribution in [0.15, 0.2) is 60.7 Å². The minimum absolute atomic E-state index is 0.0433. The molecular weight excluding hydrogens is 508 g/mol. The number of carboxylic acids is 1. The highest BCUT2D eigenvalue weighted by Gasteiger charge is 2.19. The van der Waals surface area contributed by atoms with Gasteiger partial charge >= 0.3 is 5.97 Å². The second kappa shape index (κ2) is 13.5. The van der Waals surface area contributed by atoms with E-state index in [-0.39, 0.29) is 18.3 Å². The molecule has 210 valence electrons. The minimum atomic E-state index is -1.07. The molecular formula is C31H36N4O5. The van der Waals surface area contributed by atoms with E-state index in [9.17, 15) is 14.7 Å². The van der Waals surface area contributed by atoms with Crippen molar-refractivity contribution < 1.29 is 24.2 Å². The van der Waals surface area contributed by atoms with Crippen molar-refractivity contribution in [1.29, 1.82) is 5.41 Å². The van der Waals surface area contributed by atoms with Crippen molar-refractivity contribution >= 4 is 29.1 Å². The van der Waals surface area contributed by atoms with Gasteiger partial charge in [0.25, 0.3) is 5.91 Å². The molecule has 0 aromatic heterocycles. The SMILES string of the molecule is Cc1ccc(NCc2cccc(OCC3CCCCC3)c2OCC(=O)O)c(C(=O)Nc2ccc(C(=N)N)cc2)c1. The number of nitrogen functional groups attached to an aromatic ring is 1. The summed E-state index contributed by atoms with van der Waals surface area (Å²) in [6.07, 6.45) is 5.93. The molecule has 3 aromatic rings. The summed E-state index contributed by atoms with van der Waals surface area (Å²) in [4.78, 5) is 24.5. The molecule has 3 aromatic carbocycles. The molecule has 0 unspecified atom stereocenters. The molecule has 0 aliphatic heterocycles. The van der Waals surface area contributed by atoms with Gasteiger partial charge in [-0.15, -0.1) is 0 Å². The molecule has 1 aliphatic carbocycles. The topological polar surface area (TPSA) is 147 Å². The van der Waals surface area contributed by atoms with Gasteiger partial charge in [0.1, 0.15) is 5.84 Å². The molecule has 9 heteroatoms. The monoisotopic (exact) mass is 544 g/mol. The number of carboxylic acid groups (broad SMARTS) is 1. The Morgan fingerprint density at radius 1 is 1.02 bits per heavy atom. The zero-order valence-corrected chi connectivity index (χ0v) is 22.7. The highest BCUT2D eigenvalue weighted by Crippen LogP contribution is 2.34. The molecule has 1 amide bonds. The lowest BCUT2D eigenvalue weighted by atomic mass is 9.90. The number of benzene rings is 3. The zero-order chi connectivity index (χ0) is 28.5. The van der Waals surface area contributed by atoms with Gasteiger partial charge in [-0.05, 0) is 68.1 Å². The first-order valence-corrected chi connectivity index (χ1v) is 13.5. The Morgan fingerprint density at radius 3 is 2.48 bits per heavy atom. The number of ether oxygens (including phenoxy) is 2. The third-order valence-electron chi connectivity index (χ3n) is 6.94. The molecule has 0 atom stereocenters. The van der Waals surface area contributed by atoms with E-state index in [4.69, 9.17) is 20.6 Å². The summed E-state index contributed by atoms with van der Waals surface area (Å²) in [6.45, 7) is 2.27. The summed E-state index contributed by atoms with van der Waals surface area (Å²) in [5.74, 6) is -0.0317. The summed E-state index contributed by atoms with van der Waals surface area (Å²) in [5, 5.41) is 23.0. The number of anilines is 2. The van der Waals surface area contributed by atoms with Crippen molar-refractivity contribution in [2.45, 2.75) is 45.6 Å². The lowest BCUT2D eigenvalue weighted by molar-refractivity contribution is -0.139. The van der Waals surface area contributed by atoms with E-state index in [1.165, 1.54) is 19.3 Å². The minimum Gasteiger partial charge on any atom is -0.489 e. The van der Waals surface area contributed by atoms with Crippen LogP contribution >= 0.6 is 0 Å². The van der Waals surface area contributed by atoms with Crippen LogP contribution in [0.3, 0.4) is 0 Å². The van der Waals surface area contributed by atoms with E-state index in [1.807, 2.05) is 31.2 Å². The summed E-state index contributed by atoms with van der Waals surface area (Å²) in [6, 6.07) is 17.8. The highest BCUT2D eigenvalue weighted by molar-refractivity contribution is 6.08. The van der Waals surface area contributed by atoms with Crippen molar-refractivity contribution in [3.63, 3.8) is 0 Å². The average molecular weight is 545 g/mol. The molecule has 0 bridgehead atoms. The fraction of sp³-hybridized carbons (Fsp3) is 0.323. The number of amidine groups is 1. The first-order valence-electron chi connectivity index (χ1n) is 13.5. The van der Waals surface area contributed by atoms with Crippen LogP contribution in [0.5, 0.6) is 11.5 Å². The van der Waals surface area contributed by atoms with Crippen LogP contribution < -0.4 is 25.8 Å². The van der Waals surface area contributed by atoms with Crippen molar-refractivity contribution in [1.82, 2.24) is 0 Å². The maximum absolute atomic E-state index is 13.2. The van der Waals surface area contributed by atoms with Crippen molar-refractivity contribution in [2.24, 2.45) is 11.7 Å². The summed E-state index contributed by atoms with van der Waals surface area (Å²) in [5.41, 5.74) is 9.37. The molecule has 9 nitrogen and oxygen atoms in total. The number of carbonyl (C=O) groups is 2. The lowest BCUT2D eigenvalue weighted by Crippen LogP contribution is -2.17. The van der Waals surface area contributed by atoms with Gasteiger partial charge in [-0.1, -0.05) is 43.0 Å². The Hall–Kier alpha value is -4.53. The number of para-hydroxylation sites is 1. The smallest absolute Gasteiger partial charge is 0.341 e. The number of aryl methyl sites for hydroxylation is 1. The molecule has 40 heavy (non-hydrogen) atoms. The normalized spacial score (nSPS) is 13.3. The summed E-state index contributed by atoms with van der Waals surface area (Å²) in [7, 11) is 0. The molecule has 4 rings (SSSR count). The molecule has 1 aliphatic rings. The number of aliphatic carboxylic acids is 1. The van der Waals surface area contributed by atoms with Crippen LogP contribution in [0.4, 0.5) is 11.4 Å². The van der Waals surface area contributed by atoms with Gasteiger partial charge in [0.05, 0.1) is 12.2 Å². The van der Waals surface area contributed by atoms with Gasteiger partial charge in [-0.3, -0.25) is 10.2 Å². The quantitative estimate of drug-likeness (QED) is 0.148. The number of rotatable bonds is 12. The van der Waals surface area contributed by atoms with Gasteiger partial charge in [0, 0.05) is 29.0 Å². The molecule has 0 saturated heterocycles. The number of nitrogens with one attached hydrogen (secondary N) is 3. The van der Waals surface area contributed by atoms with Crippen LogP contribution in [-0.4, -0.2) is 36.0 Å². The third-order valence-corrected chi connectivity index (χ3v) is 6.94. The second-order valence-electron chi connectivity index (χ2n) is 10.1. The van der Waals surface area contributed by atoms with Crippen LogP contribution in [0, 0.1) is 18.3 Å². The van der Waals surface area contributed by atoms with E-state index >= 15 is 0 Å². The van der Waals surface area contributed by atoms with Crippen molar-refractivity contribution in [3.8, 4) is 11.5 Å². The van der Waals surface area contributed by atoms with Gasteiger partial charge in [0.2, 0.25) is 0 Å². The molecule has 0 heterocycles. The van der Waals surface area contributed by atoms with Gasteiger partial charge < -0.3 is 30.9 Å². The van der Waals surface area contributed by atoms with Crippen molar-refractivity contribution in [3.05, 3.63) is 82.9 Å². The summed E-state index contributed by atoms with van der Waals surface area (Å²) < 4.78 is 11.8. The predicted octanol–water partition coefficient (Wildman–Crippen LogP) is 5.57. The molecule has 6 N–H and O–H groups in total. The van der Waals surface area contributed by atoms with Gasteiger partial charge in [-0.25, -0.2) is 4.79 Å². The highest BCUT2D eigenvalue weighted by atomic mass is 16.5. The van der Waals surface area contributed by atoms with E-state index in [0.29, 0.717) is 52.1 Å². The van der Waals surface area contributed by atoms with Gasteiger partial charge in [0.15, 0.2) is 18.1 Å². The number of nitrogens with two attached hydrogens (primary N) is 1. The molecule has 0 spiro atoms. The lowest BCUT2D eigenvalue weighted by Gasteiger charge is -2.23. The van der Waals surface area contributed by atoms with Crippen LogP contribution in [0.25, 0.3) is 0 Å². The first kappa shape index (κ1) is 28.5. The molecule has 1 saturated carbocycles. The fourth-order valence-corrected chi connectivity index (χ4v) is 4.80. The number of amides is 1. The van der Waals surface area contributed by atoms with Gasteiger partial charge in [-0.2, -0.15) is 0 Å². The maximum Gasteiger partial charge on any atom is 0.341 e. The van der Waals surface area contributed by atoms with Crippen LogP contribution in [0.1, 0.15) is 59.2 Å². The van der Waals surface area contributed by atoms with E-state index < -0.39 is 12.6 Å². The molecule has 1 fully saturated rings. The molecule has 0 radical (unpaired) electrons. The number of hydrogen-bond donors (Lipinski definition) is 5. The standard InChI is InChI=1S/C31H36N4O5/c1-20-10-15-26(25(16-20)31(38)35-24-13-11-22(12-14-24)30(32)33)34-17-23-8-5-9-27(29(23)40-19-28(36)37)39-18-21-6-3-2-4-7-21/h5,8-16,21,34H,2-4,6-7,17-19H2,1H3,(H3,32,33)(H,35,38)(H,36,37). The Morgan fingerprint density at radius 2 is 1.77 bits per heavy atom. The Kier molecular flexibility index (Phi) is 9.62. The number of carbonyl (C=O) groups excluding carboxylic acids is 1. The fourth-order valence-electron chi connectivity index (χ4n) is 4.80. The Labute approximate surface area is 234 Å². The number of hydrogen-bond acceptors (Lipinski definition) is 6. The zero-order valence-electron chi connectivity index (χ0n) is 22.7. The Balaban J connectivity index is 1.51. The third kappa shape index (κ3) is 7.75. The van der Waals surface area contributed by atoms with Crippen molar-refractivity contribution in [2.75, 3.05) is 23.8 Å². The maximum atomic E-state index is 13.2. The van der Waals surface area contributed by atoms with Crippen LogP contribution in [0.2, 0.25) is 0 Å².